The van der Waals surface area contributed by atoms with E-state index in [0.717, 1.165) is 21.9 Å². The van der Waals surface area contributed by atoms with E-state index in [1.54, 1.807) is 30.3 Å². The van der Waals surface area contributed by atoms with Crippen LogP contribution in [0.3, 0.4) is 0 Å². The van der Waals surface area contributed by atoms with Gasteiger partial charge < -0.3 is 29.0 Å². The lowest BCUT2D eigenvalue weighted by Crippen LogP contribution is -2.57. The quantitative estimate of drug-likeness (QED) is 0.542. The molecule has 1 atom stereocenters. The first kappa shape index (κ1) is 24.1. The van der Waals surface area contributed by atoms with Crippen molar-refractivity contribution in [3.63, 3.8) is 0 Å². The topological polar surface area (TPSA) is 128 Å². The smallest absolute Gasteiger partial charge is 0.362 e. The first-order valence-electron chi connectivity index (χ1n) is 11.4. The number of carbonyl (C=O) groups excluding carboxylic acids is 2. The summed E-state index contributed by atoms with van der Waals surface area (Å²) in [6.07, 6.45) is 3.68. The molecule has 0 saturated heterocycles. The Bertz CT molecular complexity index is 1530. The van der Waals surface area contributed by atoms with Gasteiger partial charge >= 0.3 is 5.97 Å². The molecule has 3 heterocycles. The Morgan fingerprint density at radius 1 is 1.14 bits per heavy atom. The van der Waals surface area contributed by atoms with Gasteiger partial charge in [0.25, 0.3) is 5.72 Å². The molecule has 2 N–H and O–H groups in total. The van der Waals surface area contributed by atoms with Crippen molar-refractivity contribution in [3.8, 4) is 17.2 Å². The van der Waals surface area contributed by atoms with Crippen LogP contribution >= 0.6 is 0 Å². The fourth-order valence-electron chi connectivity index (χ4n) is 4.68. The SMILES string of the molecule is COc1ccc(CC(=O)N2C3=C(C=CC2(O)C(=O)O)C(=O)COc2cc4c(ccn4C)cc23)c(OC)c1. The maximum atomic E-state index is 13.9. The van der Waals surface area contributed by atoms with E-state index in [4.69, 9.17) is 14.2 Å². The minimum Gasteiger partial charge on any atom is -0.497 e. The van der Waals surface area contributed by atoms with Crippen LogP contribution in [0.5, 0.6) is 17.2 Å². The van der Waals surface area contributed by atoms with Gasteiger partial charge in [0, 0.05) is 47.5 Å². The van der Waals surface area contributed by atoms with Crippen molar-refractivity contribution in [2.24, 2.45) is 7.05 Å². The minimum atomic E-state index is -2.75. The summed E-state index contributed by atoms with van der Waals surface area (Å²) in [5.74, 6) is -1.76. The summed E-state index contributed by atoms with van der Waals surface area (Å²) < 4.78 is 18.3. The number of aryl methyl sites for hydroxylation is 1. The zero-order chi connectivity index (χ0) is 26.5. The number of methoxy groups -OCH3 is 2. The van der Waals surface area contributed by atoms with Crippen LogP contribution in [0.4, 0.5) is 0 Å². The van der Waals surface area contributed by atoms with E-state index in [1.165, 1.54) is 20.3 Å². The zero-order valence-electron chi connectivity index (χ0n) is 20.3. The second kappa shape index (κ2) is 8.82. The van der Waals surface area contributed by atoms with Crippen molar-refractivity contribution < 1.29 is 38.8 Å². The van der Waals surface area contributed by atoms with Gasteiger partial charge in [0.05, 0.1) is 31.9 Å². The molecule has 3 aromatic rings. The van der Waals surface area contributed by atoms with E-state index in [9.17, 15) is 24.6 Å². The number of amides is 1. The number of carboxylic acids is 1. The van der Waals surface area contributed by atoms with Gasteiger partial charge in [0.15, 0.2) is 6.61 Å². The molecule has 0 bridgehead atoms. The normalized spacial score (nSPS) is 18.7. The molecule has 10 heteroatoms. The highest BCUT2D eigenvalue weighted by Crippen LogP contribution is 2.43. The molecule has 1 aromatic heterocycles. The highest BCUT2D eigenvalue weighted by Gasteiger charge is 2.49. The number of carboxylic acid groups (broad SMARTS) is 1. The first-order valence-corrected chi connectivity index (χ1v) is 11.4. The fraction of sp³-hybridized carbons (Fsp3) is 0.222. The Balaban J connectivity index is 1.70. The Hall–Kier alpha value is -4.57. The van der Waals surface area contributed by atoms with Gasteiger partial charge in [-0.25, -0.2) is 4.79 Å². The average molecular weight is 504 g/mol. The molecule has 2 aliphatic rings. The second-order valence-corrected chi connectivity index (χ2v) is 8.76. The average Bonchev–Trinajstić information content (AvgIpc) is 3.18. The number of hydrogen-bond acceptors (Lipinski definition) is 7. The number of ether oxygens (including phenoxy) is 3. The molecule has 37 heavy (non-hydrogen) atoms. The molecule has 0 spiro atoms. The van der Waals surface area contributed by atoms with E-state index in [0.29, 0.717) is 22.6 Å². The number of ketones is 1. The van der Waals surface area contributed by atoms with Gasteiger partial charge in [-0.3, -0.25) is 14.5 Å². The lowest BCUT2D eigenvalue weighted by atomic mass is 9.92. The molecule has 0 fully saturated rings. The van der Waals surface area contributed by atoms with Gasteiger partial charge in [-0.05, 0) is 30.4 Å². The molecule has 190 valence electrons. The van der Waals surface area contributed by atoms with Crippen LogP contribution in [0.25, 0.3) is 16.6 Å². The Kier molecular flexibility index (Phi) is 5.76. The van der Waals surface area contributed by atoms with Gasteiger partial charge in [-0.2, -0.15) is 0 Å². The number of Topliss-reactive ketones (excluding diaryl/α,β-unsaturated/α-hetero) is 1. The van der Waals surface area contributed by atoms with E-state index >= 15 is 0 Å². The van der Waals surface area contributed by atoms with Gasteiger partial charge in [-0.15, -0.1) is 0 Å². The number of fused-ring (bicyclic) bond motifs is 3. The van der Waals surface area contributed by atoms with Crippen LogP contribution in [-0.4, -0.2) is 63.9 Å². The summed E-state index contributed by atoms with van der Waals surface area (Å²) >= 11 is 0. The van der Waals surface area contributed by atoms with Crippen molar-refractivity contribution in [1.29, 1.82) is 0 Å². The van der Waals surface area contributed by atoms with Gasteiger partial charge in [0.2, 0.25) is 11.7 Å². The summed E-state index contributed by atoms with van der Waals surface area (Å²) in [7, 11) is 4.78. The summed E-state index contributed by atoms with van der Waals surface area (Å²) in [6, 6.07) is 10.1. The number of carbonyl (C=O) groups is 3. The number of allylic oxidation sites excluding steroid dienone is 1. The lowest BCUT2D eigenvalue weighted by Gasteiger charge is -2.39. The minimum absolute atomic E-state index is 0.0341. The molecule has 2 aromatic carbocycles. The van der Waals surface area contributed by atoms with Gasteiger partial charge in [0.1, 0.15) is 17.2 Å². The third-order valence-electron chi connectivity index (χ3n) is 6.60. The number of aliphatic hydroxyl groups is 1. The van der Waals surface area contributed by atoms with E-state index in [2.05, 4.69) is 0 Å². The highest BCUT2D eigenvalue weighted by atomic mass is 16.5. The van der Waals surface area contributed by atoms with E-state index < -0.39 is 23.4 Å². The van der Waals surface area contributed by atoms with E-state index in [1.807, 2.05) is 23.9 Å². The van der Waals surface area contributed by atoms with Crippen LogP contribution in [0.1, 0.15) is 11.1 Å². The van der Waals surface area contributed by atoms with Crippen LogP contribution < -0.4 is 14.2 Å². The summed E-state index contributed by atoms with van der Waals surface area (Å²) in [4.78, 5) is 40.0. The summed E-state index contributed by atoms with van der Waals surface area (Å²) in [5, 5.41) is 22.1. The summed E-state index contributed by atoms with van der Waals surface area (Å²) in [5.41, 5.74) is -1.14. The Morgan fingerprint density at radius 3 is 2.62 bits per heavy atom. The molecule has 0 radical (unpaired) electrons. The number of rotatable bonds is 5. The van der Waals surface area contributed by atoms with Crippen LogP contribution in [0.15, 0.2) is 60.3 Å². The third-order valence-corrected chi connectivity index (χ3v) is 6.60. The van der Waals surface area contributed by atoms with Crippen molar-refractivity contribution in [1.82, 2.24) is 9.47 Å². The third kappa shape index (κ3) is 3.82. The maximum Gasteiger partial charge on any atom is 0.362 e. The molecular formula is C27H24N2O8. The van der Waals surface area contributed by atoms with Crippen LogP contribution in [0, 0.1) is 0 Å². The number of nitrogens with zero attached hydrogens (tertiary/aromatic N) is 2. The van der Waals surface area contributed by atoms with Crippen molar-refractivity contribution >= 4 is 34.3 Å². The largest absolute Gasteiger partial charge is 0.497 e. The molecule has 10 nitrogen and oxygen atoms in total. The first-order chi connectivity index (χ1) is 17.7. The van der Waals surface area contributed by atoms with Crippen molar-refractivity contribution in [2.45, 2.75) is 12.1 Å². The second-order valence-electron chi connectivity index (χ2n) is 8.76. The highest BCUT2D eigenvalue weighted by molar-refractivity contribution is 6.12. The van der Waals surface area contributed by atoms with Crippen LogP contribution in [0.2, 0.25) is 0 Å². The van der Waals surface area contributed by atoms with Crippen molar-refractivity contribution in [2.75, 3.05) is 20.8 Å². The van der Waals surface area contributed by atoms with Gasteiger partial charge in [-0.1, -0.05) is 6.07 Å². The maximum absolute atomic E-state index is 13.9. The number of aliphatic carboxylic acids is 1. The Morgan fingerprint density at radius 2 is 1.92 bits per heavy atom. The molecule has 2 aliphatic heterocycles. The fourth-order valence-corrected chi connectivity index (χ4v) is 4.68. The van der Waals surface area contributed by atoms with E-state index in [-0.39, 0.29) is 30.0 Å². The predicted molar refractivity (Wildman–Crippen MR) is 132 cm³/mol. The standard InChI is InChI=1S/C27H24N2O8/c1-28-9-7-15-10-19-23(13-20(15)28)37-14-21(30)18-6-8-27(34,26(32)33)29(25(18)19)24(31)11-16-4-5-17(35-2)12-22(16)36-3/h4-10,12-13,34H,11,14H2,1-3H3,(H,32,33). The molecule has 1 unspecified atom stereocenters. The van der Waals surface area contributed by atoms with Crippen molar-refractivity contribution in [3.05, 3.63) is 71.4 Å². The molecular weight excluding hydrogens is 480 g/mol. The van der Waals surface area contributed by atoms with Crippen LogP contribution in [-0.2, 0) is 27.9 Å². The number of hydrogen-bond donors (Lipinski definition) is 2. The predicted octanol–water partition coefficient (Wildman–Crippen LogP) is 2.28. The number of aromatic nitrogens is 1. The monoisotopic (exact) mass is 504 g/mol. The Labute approximate surface area is 211 Å². The molecule has 0 saturated carbocycles. The molecule has 1 amide bonds. The zero-order valence-corrected chi connectivity index (χ0v) is 20.3. The number of benzene rings is 2. The summed E-state index contributed by atoms with van der Waals surface area (Å²) in [6.45, 7) is -0.314. The lowest BCUT2D eigenvalue weighted by molar-refractivity contribution is -0.172. The molecule has 0 aliphatic carbocycles. The molecule has 5 rings (SSSR count).